The molecule has 0 aromatic heterocycles. The summed E-state index contributed by atoms with van der Waals surface area (Å²) in [5, 5.41) is 8.79. The number of nitrogens with zero attached hydrogens (tertiary/aromatic N) is 3. The van der Waals surface area contributed by atoms with Gasteiger partial charge >= 0.3 is 0 Å². The van der Waals surface area contributed by atoms with E-state index in [0.29, 0.717) is 21.4 Å². The molecule has 2 heterocycles. The number of anilines is 1. The van der Waals surface area contributed by atoms with Crippen molar-refractivity contribution in [2.45, 2.75) is 56.2 Å². The molecule has 4 rings (SSSR count). The first kappa shape index (κ1) is 25.9. The summed E-state index contributed by atoms with van der Waals surface area (Å²) in [5.74, 6) is -0.518. The van der Waals surface area contributed by atoms with Gasteiger partial charge in [-0.3, -0.25) is 15.2 Å². The fourth-order valence-electron chi connectivity index (χ4n) is 4.52. The Morgan fingerprint density at radius 3 is 2.31 bits per heavy atom. The van der Waals surface area contributed by atoms with Gasteiger partial charge in [0.1, 0.15) is 5.71 Å². The molecule has 0 aliphatic carbocycles. The number of carbonyl (C=O) groups is 1. The predicted molar refractivity (Wildman–Crippen MR) is 141 cm³/mol. The number of amides is 1. The predicted octanol–water partition coefficient (Wildman–Crippen LogP) is 5.25. The van der Waals surface area contributed by atoms with Crippen molar-refractivity contribution >= 4 is 50.3 Å². The van der Waals surface area contributed by atoms with E-state index in [1.54, 1.807) is 61.3 Å². The Morgan fingerprint density at radius 1 is 1.06 bits per heavy atom. The van der Waals surface area contributed by atoms with Crippen LogP contribution in [0, 0.1) is 5.92 Å². The van der Waals surface area contributed by atoms with E-state index in [0.717, 1.165) is 37.9 Å². The Bertz CT molecular complexity index is 1230. The van der Waals surface area contributed by atoms with Gasteiger partial charge in [0.25, 0.3) is 5.91 Å². The Kier molecular flexibility index (Phi) is 7.76. The topological polar surface area (TPSA) is 82.1 Å². The lowest BCUT2D eigenvalue weighted by molar-refractivity contribution is -0.120. The van der Waals surface area contributed by atoms with Crippen molar-refractivity contribution in [3.05, 3.63) is 58.1 Å². The van der Waals surface area contributed by atoms with E-state index in [2.05, 4.69) is 5.43 Å². The van der Waals surface area contributed by atoms with Crippen LogP contribution in [0.15, 0.2) is 52.5 Å². The van der Waals surface area contributed by atoms with Gasteiger partial charge in [-0.25, -0.2) is 13.4 Å². The first-order chi connectivity index (χ1) is 16.6. The molecule has 1 amide bonds. The van der Waals surface area contributed by atoms with E-state index in [-0.39, 0.29) is 22.8 Å². The lowest BCUT2D eigenvalue weighted by Crippen LogP contribution is -2.48. The number of carbonyl (C=O) groups excluding carboxylic acids is 1. The molecule has 0 bridgehead atoms. The third-order valence-corrected chi connectivity index (χ3v) is 9.27. The highest BCUT2D eigenvalue weighted by molar-refractivity contribution is 7.92. The number of benzene rings is 2. The molecule has 2 aromatic rings. The molecule has 7 nitrogen and oxygen atoms in total. The Balaban J connectivity index is 1.69. The second-order valence-corrected chi connectivity index (χ2v) is 12.7. The number of piperidine rings is 1. The minimum Gasteiger partial charge on any atom is -0.284 e. The highest BCUT2D eigenvalue weighted by atomic mass is 35.5. The van der Waals surface area contributed by atoms with Gasteiger partial charge < -0.3 is 0 Å². The summed E-state index contributed by atoms with van der Waals surface area (Å²) < 4.78 is 25.2. The lowest BCUT2D eigenvalue weighted by Gasteiger charge is -2.28. The van der Waals surface area contributed by atoms with Crippen LogP contribution < -0.4 is 10.4 Å². The molecule has 35 heavy (non-hydrogen) atoms. The number of hydrazone groups is 1. The average molecular weight is 538 g/mol. The molecule has 0 spiro atoms. The maximum Gasteiger partial charge on any atom is 0.282 e. The number of rotatable bonds is 6. The second kappa shape index (κ2) is 10.5. The molecule has 188 valence electrons. The summed E-state index contributed by atoms with van der Waals surface area (Å²) in [6.45, 7) is 6.90. The van der Waals surface area contributed by atoms with Crippen LogP contribution in [-0.4, -0.2) is 43.4 Å². The van der Waals surface area contributed by atoms with Crippen LogP contribution in [0.25, 0.3) is 0 Å². The fourth-order valence-corrected chi connectivity index (χ4v) is 6.07. The van der Waals surface area contributed by atoms with Crippen LogP contribution in [0.1, 0.15) is 51.6 Å². The van der Waals surface area contributed by atoms with Gasteiger partial charge in [0.2, 0.25) is 0 Å². The van der Waals surface area contributed by atoms with Crippen molar-refractivity contribution in [2.24, 2.45) is 11.0 Å². The third-order valence-electron chi connectivity index (χ3n) is 6.56. The Labute approximate surface area is 217 Å². The Hall–Kier alpha value is -2.13. The monoisotopic (exact) mass is 536 g/mol. The van der Waals surface area contributed by atoms with Gasteiger partial charge in [-0.05, 0) is 62.6 Å². The van der Waals surface area contributed by atoms with Gasteiger partial charge in [-0.2, -0.15) is 5.10 Å². The molecular formula is C25H30Cl2N4O3S. The minimum atomic E-state index is -3.40. The standard InChI is InChI=1S/C25H30Cl2N4O3S/c1-16(2)35(33,34)20-10-7-18(8-11-20)24-17(3)23(25(32)29-30-13-5-4-6-14-30)28-31(24)22-12-9-19(26)15-21(22)27/h7-12,15-17,24H,4-6,13-14H2,1-3H3,(H,29,32). The molecule has 0 radical (unpaired) electrons. The first-order valence-corrected chi connectivity index (χ1v) is 14.1. The number of sulfone groups is 1. The highest BCUT2D eigenvalue weighted by Gasteiger charge is 2.40. The maximum atomic E-state index is 13.2. The van der Waals surface area contributed by atoms with Crippen molar-refractivity contribution in [1.82, 2.24) is 10.4 Å². The van der Waals surface area contributed by atoms with Crippen molar-refractivity contribution in [3.63, 3.8) is 0 Å². The largest absolute Gasteiger partial charge is 0.284 e. The van der Waals surface area contributed by atoms with Crippen molar-refractivity contribution in [2.75, 3.05) is 18.1 Å². The van der Waals surface area contributed by atoms with E-state index in [1.165, 1.54) is 0 Å². The van der Waals surface area contributed by atoms with Crippen LogP contribution in [0.5, 0.6) is 0 Å². The van der Waals surface area contributed by atoms with Crippen LogP contribution in [0.2, 0.25) is 10.0 Å². The van der Waals surface area contributed by atoms with Crippen LogP contribution >= 0.6 is 23.2 Å². The molecule has 1 N–H and O–H groups in total. The molecule has 2 aliphatic rings. The Morgan fingerprint density at radius 2 is 1.71 bits per heavy atom. The maximum absolute atomic E-state index is 13.2. The summed E-state index contributed by atoms with van der Waals surface area (Å²) in [6, 6.07) is 11.6. The summed E-state index contributed by atoms with van der Waals surface area (Å²) in [6.07, 6.45) is 3.25. The lowest BCUT2D eigenvalue weighted by atomic mass is 9.91. The zero-order valence-electron chi connectivity index (χ0n) is 20.0. The molecule has 0 saturated carbocycles. The van der Waals surface area contributed by atoms with Crippen LogP contribution in [0.3, 0.4) is 0 Å². The molecule has 2 aromatic carbocycles. The SMILES string of the molecule is CC1C(C(=O)NN2CCCCC2)=NN(c2ccc(Cl)cc2Cl)C1c1ccc(S(=O)(=O)C(C)C)cc1. The summed E-state index contributed by atoms with van der Waals surface area (Å²) in [4.78, 5) is 13.5. The normalized spacial score (nSPS) is 21.3. The van der Waals surface area contributed by atoms with E-state index in [9.17, 15) is 13.2 Å². The van der Waals surface area contributed by atoms with Crippen LogP contribution in [-0.2, 0) is 14.6 Å². The smallest absolute Gasteiger partial charge is 0.282 e. The molecule has 2 aliphatic heterocycles. The average Bonchev–Trinajstić information content (AvgIpc) is 3.16. The van der Waals surface area contributed by atoms with Gasteiger partial charge in [-0.15, -0.1) is 0 Å². The number of hydrogen-bond acceptors (Lipinski definition) is 6. The van der Waals surface area contributed by atoms with E-state index in [1.807, 2.05) is 11.9 Å². The zero-order chi connectivity index (χ0) is 25.3. The number of hydrazine groups is 1. The second-order valence-electron chi connectivity index (χ2n) is 9.31. The van der Waals surface area contributed by atoms with E-state index in [4.69, 9.17) is 28.3 Å². The number of nitrogens with one attached hydrogen (secondary N) is 1. The molecule has 1 fully saturated rings. The van der Waals surface area contributed by atoms with Gasteiger partial charge in [0.15, 0.2) is 9.84 Å². The summed E-state index contributed by atoms with van der Waals surface area (Å²) >= 11 is 12.6. The quantitative estimate of drug-likeness (QED) is 0.545. The number of halogens is 2. The van der Waals surface area contributed by atoms with Gasteiger partial charge in [0.05, 0.1) is 26.9 Å². The minimum absolute atomic E-state index is 0.240. The summed E-state index contributed by atoms with van der Waals surface area (Å²) in [7, 11) is -3.40. The van der Waals surface area contributed by atoms with Crippen molar-refractivity contribution < 1.29 is 13.2 Å². The van der Waals surface area contributed by atoms with Crippen molar-refractivity contribution in [3.8, 4) is 0 Å². The van der Waals surface area contributed by atoms with E-state index < -0.39 is 15.1 Å². The van der Waals surface area contributed by atoms with Gasteiger partial charge in [0, 0.05) is 24.0 Å². The van der Waals surface area contributed by atoms with E-state index >= 15 is 0 Å². The molecule has 10 heteroatoms. The third kappa shape index (κ3) is 5.35. The molecule has 2 atom stereocenters. The van der Waals surface area contributed by atoms with Gasteiger partial charge in [-0.1, -0.05) is 48.7 Å². The zero-order valence-corrected chi connectivity index (χ0v) is 22.4. The van der Waals surface area contributed by atoms with Crippen molar-refractivity contribution in [1.29, 1.82) is 0 Å². The first-order valence-electron chi connectivity index (χ1n) is 11.8. The summed E-state index contributed by atoms with van der Waals surface area (Å²) in [5.41, 5.74) is 4.85. The number of hydrogen-bond donors (Lipinski definition) is 1. The molecular weight excluding hydrogens is 507 g/mol. The highest BCUT2D eigenvalue weighted by Crippen LogP contribution is 2.42. The van der Waals surface area contributed by atoms with Crippen LogP contribution in [0.4, 0.5) is 5.69 Å². The molecule has 1 saturated heterocycles. The fraction of sp³-hybridized carbons (Fsp3) is 0.440. The molecule has 2 unspecified atom stereocenters.